The number of nitrogens with zero attached hydrogens (tertiary/aromatic N) is 2. The summed E-state index contributed by atoms with van der Waals surface area (Å²) in [6.07, 6.45) is 7.02. The third-order valence-corrected chi connectivity index (χ3v) is 5.76. The van der Waals surface area contributed by atoms with E-state index in [1.54, 1.807) is 0 Å². The maximum atomic E-state index is 12.6. The maximum absolute atomic E-state index is 12.6. The van der Waals surface area contributed by atoms with Crippen LogP contribution in [0, 0.1) is 11.3 Å². The highest BCUT2D eigenvalue weighted by Gasteiger charge is 2.59. The highest BCUT2D eigenvalue weighted by atomic mass is 16.2. The summed E-state index contributed by atoms with van der Waals surface area (Å²) in [7, 11) is 0. The summed E-state index contributed by atoms with van der Waals surface area (Å²) in [6, 6.07) is -0.0715. The summed E-state index contributed by atoms with van der Waals surface area (Å²) < 4.78 is 0. The largest absolute Gasteiger partial charge is 0.343 e. The fourth-order valence-electron chi connectivity index (χ4n) is 4.19. The number of likely N-dealkylation sites (tertiary alicyclic amines) is 2. The van der Waals surface area contributed by atoms with Gasteiger partial charge in [-0.25, -0.2) is 0 Å². The molecular formula is C17H29N3O2. The molecule has 1 aliphatic carbocycles. The molecule has 5 nitrogen and oxygen atoms in total. The minimum absolute atomic E-state index is 0.0715. The Hall–Kier alpha value is -1.10. The van der Waals surface area contributed by atoms with Gasteiger partial charge in [0.1, 0.15) is 0 Å². The van der Waals surface area contributed by atoms with Gasteiger partial charge in [-0.3, -0.25) is 9.59 Å². The lowest BCUT2D eigenvalue weighted by Crippen LogP contribution is -2.43. The summed E-state index contributed by atoms with van der Waals surface area (Å²) in [5, 5.41) is 0. The van der Waals surface area contributed by atoms with Gasteiger partial charge in [0.25, 0.3) is 0 Å². The van der Waals surface area contributed by atoms with E-state index in [1.165, 1.54) is 6.42 Å². The third kappa shape index (κ3) is 3.14. The molecule has 0 radical (unpaired) electrons. The van der Waals surface area contributed by atoms with Gasteiger partial charge < -0.3 is 15.5 Å². The summed E-state index contributed by atoms with van der Waals surface area (Å²) >= 11 is 0. The Kier molecular flexibility index (Phi) is 4.44. The van der Waals surface area contributed by atoms with Crippen molar-refractivity contribution in [3.63, 3.8) is 0 Å². The molecule has 2 atom stereocenters. The molecular weight excluding hydrogens is 278 g/mol. The first kappa shape index (κ1) is 15.8. The van der Waals surface area contributed by atoms with E-state index in [2.05, 4.69) is 4.90 Å². The summed E-state index contributed by atoms with van der Waals surface area (Å²) in [6.45, 7) is 5.37. The number of carbonyl (C=O) groups excluding carboxylic acids is 2. The van der Waals surface area contributed by atoms with Gasteiger partial charge in [-0.2, -0.15) is 0 Å². The van der Waals surface area contributed by atoms with Crippen molar-refractivity contribution >= 4 is 11.8 Å². The van der Waals surface area contributed by atoms with Gasteiger partial charge in [0, 0.05) is 44.6 Å². The maximum Gasteiger partial charge on any atom is 0.226 e. The zero-order valence-electron chi connectivity index (χ0n) is 13.7. The first-order valence-electron chi connectivity index (χ1n) is 8.84. The molecule has 2 amide bonds. The van der Waals surface area contributed by atoms with Crippen LogP contribution in [0.3, 0.4) is 0 Å². The van der Waals surface area contributed by atoms with Gasteiger partial charge >= 0.3 is 0 Å². The summed E-state index contributed by atoms with van der Waals surface area (Å²) in [5.74, 6) is 0.788. The Labute approximate surface area is 133 Å². The van der Waals surface area contributed by atoms with E-state index in [1.807, 2.05) is 11.8 Å². The molecule has 3 aliphatic rings. The van der Waals surface area contributed by atoms with Crippen molar-refractivity contribution in [1.29, 1.82) is 0 Å². The van der Waals surface area contributed by atoms with Gasteiger partial charge in [0.2, 0.25) is 11.8 Å². The molecule has 0 bridgehead atoms. The monoisotopic (exact) mass is 307 g/mol. The van der Waals surface area contributed by atoms with Crippen LogP contribution in [0.2, 0.25) is 0 Å². The molecule has 2 N–H and O–H groups in total. The van der Waals surface area contributed by atoms with E-state index < -0.39 is 0 Å². The Morgan fingerprint density at radius 2 is 1.73 bits per heavy atom. The zero-order valence-corrected chi connectivity index (χ0v) is 13.7. The molecule has 2 aliphatic heterocycles. The Bertz CT molecular complexity index is 435. The number of hydrogen-bond acceptors (Lipinski definition) is 3. The van der Waals surface area contributed by atoms with E-state index in [4.69, 9.17) is 5.73 Å². The lowest BCUT2D eigenvalue weighted by atomic mass is 9.90. The molecule has 22 heavy (non-hydrogen) atoms. The highest BCUT2D eigenvalue weighted by Crippen LogP contribution is 2.60. The van der Waals surface area contributed by atoms with Crippen LogP contribution in [0.25, 0.3) is 0 Å². The molecule has 1 saturated carbocycles. The fraction of sp³-hybridized carbons (Fsp3) is 0.882. The number of nitrogens with two attached hydrogens (primary N) is 1. The second-order valence-electron chi connectivity index (χ2n) is 7.57. The van der Waals surface area contributed by atoms with Crippen molar-refractivity contribution < 1.29 is 9.59 Å². The van der Waals surface area contributed by atoms with Crippen LogP contribution in [0.15, 0.2) is 0 Å². The minimum Gasteiger partial charge on any atom is -0.343 e. The van der Waals surface area contributed by atoms with Crippen molar-refractivity contribution in [2.45, 2.75) is 57.9 Å². The third-order valence-electron chi connectivity index (χ3n) is 5.76. The molecule has 2 heterocycles. The van der Waals surface area contributed by atoms with Crippen molar-refractivity contribution in [1.82, 2.24) is 9.80 Å². The van der Waals surface area contributed by atoms with Crippen LogP contribution >= 0.6 is 0 Å². The second kappa shape index (κ2) is 6.19. The molecule has 0 aromatic rings. The molecule has 5 heteroatoms. The van der Waals surface area contributed by atoms with Gasteiger partial charge in [0.05, 0.1) is 0 Å². The van der Waals surface area contributed by atoms with Gasteiger partial charge in [-0.15, -0.1) is 0 Å². The zero-order chi connectivity index (χ0) is 15.7. The van der Waals surface area contributed by atoms with Crippen molar-refractivity contribution in [3.05, 3.63) is 0 Å². The van der Waals surface area contributed by atoms with Crippen LogP contribution in [0.4, 0.5) is 0 Å². The highest BCUT2D eigenvalue weighted by molar-refractivity contribution is 5.83. The van der Waals surface area contributed by atoms with Crippen LogP contribution in [-0.4, -0.2) is 53.8 Å². The molecule has 2 saturated heterocycles. The Balaban J connectivity index is 1.49. The molecule has 0 aromatic heterocycles. The second-order valence-corrected chi connectivity index (χ2v) is 7.57. The molecule has 124 valence electrons. The van der Waals surface area contributed by atoms with Crippen molar-refractivity contribution in [2.75, 3.05) is 26.2 Å². The minimum atomic E-state index is -0.0715. The Morgan fingerprint density at radius 1 is 1.09 bits per heavy atom. The van der Waals surface area contributed by atoms with Crippen LogP contribution in [0.5, 0.6) is 0 Å². The summed E-state index contributed by atoms with van der Waals surface area (Å²) in [5.41, 5.74) is 5.92. The topological polar surface area (TPSA) is 66.6 Å². The average molecular weight is 307 g/mol. The molecule has 0 aromatic carbocycles. The molecule has 1 spiro atoms. The quantitative estimate of drug-likeness (QED) is 0.856. The van der Waals surface area contributed by atoms with Crippen molar-refractivity contribution in [2.24, 2.45) is 17.1 Å². The lowest BCUT2D eigenvalue weighted by molar-refractivity contribution is -0.135. The SMILES string of the molecule is CC(N)CC(=O)N1CCC2(CC1)CC2C(=O)N1CCCCC1. The van der Waals surface area contributed by atoms with E-state index in [0.29, 0.717) is 12.3 Å². The number of hydrogen-bond donors (Lipinski definition) is 1. The predicted molar refractivity (Wildman–Crippen MR) is 85.1 cm³/mol. The number of carbonyl (C=O) groups is 2. The smallest absolute Gasteiger partial charge is 0.226 e. The van der Waals surface area contributed by atoms with E-state index in [0.717, 1.165) is 58.3 Å². The van der Waals surface area contributed by atoms with E-state index in [-0.39, 0.29) is 23.3 Å². The van der Waals surface area contributed by atoms with Crippen LogP contribution < -0.4 is 5.73 Å². The summed E-state index contributed by atoms with van der Waals surface area (Å²) in [4.78, 5) is 28.7. The average Bonchev–Trinajstić information content (AvgIpc) is 3.21. The fourth-order valence-corrected chi connectivity index (χ4v) is 4.19. The number of rotatable bonds is 3. The van der Waals surface area contributed by atoms with Gasteiger partial charge in [-0.1, -0.05) is 0 Å². The molecule has 2 unspecified atom stereocenters. The standard InChI is InChI=1S/C17H29N3O2/c1-13(18)11-15(21)19-9-5-17(6-10-19)12-14(17)16(22)20-7-3-2-4-8-20/h13-14H,2-12,18H2,1H3. The first-order valence-corrected chi connectivity index (χ1v) is 8.84. The van der Waals surface area contributed by atoms with E-state index in [9.17, 15) is 9.59 Å². The van der Waals surface area contributed by atoms with E-state index >= 15 is 0 Å². The molecule has 3 fully saturated rings. The Morgan fingerprint density at radius 3 is 2.32 bits per heavy atom. The first-order chi connectivity index (χ1) is 10.5. The lowest BCUT2D eigenvalue weighted by Gasteiger charge is -2.34. The van der Waals surface area contributed by atoms with Gasteiger partial charge in [0.15, 0.2) is 0 Å². The predicted octanol–water partition coefficient (Wildman–Crippen LogP) is 1.36. The van der Waals surface area contributed by atoms with Crippen LogP contribution in [0.1, 0.15) is 51.9 Å². The number of amides is 2. The normalized spacial score (nSPS) is 28.5. The van der Waals surface area contributed by atoms with Crippen molar-refractivity contribution in [3.8, 4) is 0 Å². The number of piperidine rings is 2. The molecule has 3 rings (SSSR count). The van der Waals surface area contributed by atoms with Gasteiger partial charge in [-0.05, 0) is 50.9 Å². The van der Waals surface area contributed by atoms with Crippen LogP contribution in [-0.2, 0) is 9.59 Å².